The average molecular weight is 573 g/mol. The van der Waals surface area contributed by atoms with Crippen molar-refractivity contribution in [3.63, 3.8) is 0 Å². The highest BCUT2D eigenvalue weighted by atomic mass is 35.5. The number of piperidine rings is 1. The van der Waals surface area contributed by atoms with Crippen molar-refractivity contribution in [1.29, 1.82) is 5.26 Å². The summed E-state index contributed by atoms with van der Waals surface area (Å²) in [5.74, 6) is 8.33. The van der Waals surface area contributed by atoms with E-state index in [0.29, 0.717) is 63.0 Å². The summed E-state index contributed by atoms with van der Waals surface area (Å²) < 4.78 is 28.6. The van der Waals surface area contributed by atoms with Crippen LogP contribution in [-0.4, -0.2) is 63.7 Å². The van der Waals surface area contributed by atoms with E-state index in [1.54, 1.807) is 20.4 Å². The number of nitrogens with one attached hydrogen (secondary N) is 1. The lowest BCUT2D eigenvalue weighted by Gasteiger charge is -2.30. The van der Waals surface area contributed by atoms with Gasteiger partial charge in [0, 0.05) is 38.5 Å². The van der Waals surface area contributed by atoms with Gasteiger partial charge in [-0.05, 0) is 32.0 Å². The number of hydrogen-bond donors (Lipinski definition) is 1. The number of ether oxygens (including phenoxy) is 5. The van der Waals surface area contributed by atoms with Crippen LogP contribution in [0.25, 0.3) is 10.9 Å². The van der Waals surface area contributed by atoms with Crippen molar-refractivity contribution in [2.24, 2.45) is 0 Å². The molecule has 1 saturated heterocycles. The van der Waals surface area contributed by atoms with Crippen LogP contribution in [0.15, 0.2) is 30.5 Å². The van der Waals surface area contributed by atoms with Gasteiger partial charge >= 0.3 is 0 Å². The van der Waals surface area contributed by atoms with Gasteiger partial charge in [0.05, 0.1) is 40.5 Å². The number of hydrogen-bond acceptors (Lipinski definition) is 9. The summed E-state index contributed by atoms with van der Waals surface area (Å²) in [5, 5.41) is 14.1. The molecule has 1 fully saturated rings. The van der Waals surface area contributed by atoms with Crippen LogP contribution in [0.4, 0.5) is 11.4 Å². The van der Waals surface area contributed by atoms with Gasteiger partial charge in [-0.15, -0.1) is 24.8 Å². The number of halogens is 2. The minimum Gasteiger partial charge on any atom is -0.497 e. The number of benzene rings is 2. The molecule has 3 aromatic rings. The number of aromatic nitrogens is 1. The monoisotopic (exact) mass is 572 g/mol. The number of pyridine rings is 1. The van der Waals surface area contributed by atoms with Gasteiger partial charge in [0.25, 0.3) is 0 Å². The molecule has 0 spiro atoms. The second kappa shape index (κ2) is 13.5. The van der Waals surface area contributed by atoms with Crippen LogP contribution in [0.3, 0.4) is 0 Å². The Bertz CT molecular complexity index is 1430. The largest absolute Gasteiger partial charge is 0.497 e. The highest BCUT2D eigenvalue weighted by molar-refractivity contribution is 6.01. The SMILES string of the molecule is COCC#Cc1ccc(Nc2c(C#N)cnc3cc(OC)cc(OC4CCN(C)CC4)c23)c2c1OCO2.Cl.Cl. The number of nitrogens with zero attached hydrogens (tertiary/aromatic N) is 3. The molecule has 0 radical (unpaired) electrons. The number of methoxy groups -OCH3 is 2. The summed E-state index contributed by atoms with van der Waals surface area (Å²) in [4.78, 5) is 6.83. The number of nitriles is 1. The van der Waals surface area contributed by atoms with E-state index in [1.807, 2.05) is 24.3 Å². The van der Waals surface area contributed by atoms with Crippen LogP contribution >= 0.6 is 24.8 Å². The summed E-state index contributed by atoms with van der Waals surface area (Å²) in [5.41, 5.74) is 2.96. The third-order valence-electron chi connectivity index (χ3n) is 6.44. The Hall–Kier alpha value is -3.60. The molecular formula is C28H30Cl2N4O5. The molecule has 9 nitrogen and oxygen atoms in total. The smallest absolute Gasteiger partial charge is 0.231 e. The summed E-state index contributed by atoms with van der Waals surface area (Å²) in [6.07, 6.45) is 3.42. The van der Waals surface area contributed by atoms with Gasteiger partial charge < -0.3 is 33.9 Å². The van der Waals surface area contributed by atoms with Gasteiger partial charge in [-0.25, -0.2) is 0 Å². The van der Waals surface area contributed by atoms with Crippen molar-refractivity contribution < 1.29 is 23.7 Å². The quantitative estimate of drug-likeness (QED) is 0.413. The van der Waals surface area contributed by atoms with E-state index in [-0.39, 0.29) is 37.7 Å². The predicted octanol–water partition coefficient (Wildman–Crippen LogP) is 4.90. The van der Waals surface area contributed by atoms with Crippen molar-refractivity contribution in [1.82, 2.24) is 9.88 Å². The fourth-order valence-electron chi connectivity index (χ4n) is 4.50. The molecule has 0 unspecified atom stereocenters. The second-order valence-electron chi connectivity index (χ2n) is 8.88. The Kier molecular flexibility index (Phi) is 10.3. The molecule has 0 atom stereocenters. The van der Waals surface area contributed by atoms with Gasteiger partial charge in [0.1, 0.15) is 30.3 Å². The normalized spacial score (nSPS) is 14.3. The molecule has 1 N–H and O–H groups in total. The molecule has 2 aliphatic rings. The number of rotatable bonds is 6. The summed E-state index contributed by atoms with van der Waals surface area (Å²) in [6, 6.07) is 9.66. The van der Waals surface area contributed by atoms with E-state index in [0.717, 1.165) is 25.9 Å². The van der Waals surface area contributed by atoms with E-state index < -0.39 is 0 Å². The highest BCUT2D eigenvalue weighted by Gasteiger charge is 2.25. The molecule has 39 heavy (non-hydrogen) atoms. The summed E-state index contributed by atoms with van der Waals surface area (Å²) in [7, 11) is 5.32. The molecule has 11 heteroatoms. The van der Waals surface area contributed by atoms with Crippen LogP contribution in [0.2, 0.25) is 0 Å². The Morgan fingerprint density at radius 2 is 1.87 bits per heavy atom. The molecule has 0 bridgehead atoms. The fraction of sp³-hybridized carbons (Fsp3) is 0.357. The van der Waals surface area contributed by atoms with Crippen molar-refractivity contribution >= 4 is 47.1 Å². The van der Waals surface area contributed by atoms with Crippen molar-refractivity contribution in [3.8, 4) is 40.9 Å². The second-order valence-corrected chi connectivity index (χ2v) is 8.88. The van der Waals surface area contributed by atoms with E-state index in [2.05, 4.69) is 40.2 Å². The van der Waals surface area contributed by atoms with E-state index in [4.69, 9.17) is 23.7 Å². The molecule has 206 valence electrons. The van der Waals surface area contributed by atoms with Crippen molar-refractivity contribution in [2.75, 3.05) is 53.1 Å². The lowest BCUT2D eigenvalue weighted by Crippen LogP contribution is -2.35. The minimum atomic E-state index is 0. The van der Waals surface area contributed by atoms with Crippen LogP contribution < -0.4 is 24.3 Å². The third kappa shape index (κ3) is 6.35. The zero-order valence-corrected chi connectivity index (χ0v) is 23.5. The van der Waals surface area contributed by atoms with Crippen LogP contribution in [0.5, 0.6) is 23.0 Å². The van der Waals surface area contributed by atoms with Gasteiger partial charge in [-0.3, -0.25) is 4.98 Å². The Balaban J connectivity index is 0.00000210. The number of fused-ring (bicyclic) bond motifs is 2. The zero-order valence-electron chi connectivity index (χ0n) is 21.9. The Labute approximate surface area is 240 Å². The fourth-order valence-corrected chi connectivity index (χ4v) is 4.50. The van der Waals surface area contributed by atoms with E-state index >= 15 is 0 Å². The molecule has 1 aromatic heterocycles. The standard InChI is InChI=1S/C28H28N4O5.2ClH/c1-32-10-8-20(9-11-32)37-24-14-21(34-3)13-23-25(24)26(19(15-29)16-30-23)31-22-7-6-18(5-4-12-33-2)27-28(22)36-17-35-27;;/h6-7,13-14,16,20H,8-12,17H2,1-3H3,(H,30,31);2*1H. The molecular weight excluding hydrogens is 543 g/mol. The Morgan fingerprint density at radius 3 is 2.59 bits per heavy atom. The van der Waals surface area contributed by atoms with Gasteiger partial charge in [0.15, 0.2) is 11.5 Å². The van der Waals surface area contributed by atoms with E-state index in [9.17, 15) is 5.26 Å². The van der Waals surface area contributed by atoms with Crippen LogP contribution in [0.1, 0.15) is 24.0 Å². The molecule has 0 aliphatic carbocycles. The first-order valence-corrected chi connectivity index (χ1v) is 12.0. The first-order valence-electron chi connectivity index (χ1n) is 12.0. The van der Waals surface area contributed by atoms with Gasteiger partial charge in [0.2, 0.25) is 6.79 Å². The molecule has 2 aliphatic heterocycles. The van der Waals surface area contributed by atoms with Crippen LogP contribution in [-0.2, 0) is 4.74 Å². The van der Waals surface area contributed by atoms with E-state index in [1.165, 1.54) is 0 Å². The third-order valence-corrected chi connectivity index (χ3v) is 6.44. The van der Waals surface area contributed by atoms with Crippen LogP contribution in [0, 0.1) is 23.2 Å². The van der Waals surface area contributed by atoms with Crippen molar-refractivity contribution in [3.05, 3.63) is 41.6 Å². The lowest BCUT2D eigenvalue weighted by molar-refractivity contribution is 0.115. The maximum atomic E-state index is 9.97. The molecule has 0 saturated carbocycles. The first-order chi connectivity index (χ1) is 18.1. The molecule has 2 aromatic carbocycles. The average Bonchev–Trinajstić information content (AvgIpc) is 3.42. The van der Waals surface area contributed by atoms with Gasteiger partial charge in [-0.2, -0.15) is 5.26 Å². The lowest BCUT2D eigenvalue weighted by atomic mass is 10.1. The zero-order chi connectivity index (χ0) is 25.8. The minimum absolute atomic E-state index is 0. The first kappa shape index (κ1) is 29.9. The molecule has 0 amide bonds. The highest BCUT2D eigenvalue weighted by Crippen LogP contribution is 2.45. The maximum Gasteiger partial charge on any atom is 0.231 e. The summed E-state index contributed by atoms with van der Waals surface area (Å²) in [6.45, 7) is 2.31. The topological polar surface area (TPSA) is 98.1 Å². The summed E-state index contributed by atoms with van der Waals surface area (Å²) >= 11 is 0. The molecule has 3 heterocycles. The van der Waals surface area contributed by atoms with Gasteiger partial charge in [-0.1, -0.05) is 11.8 Å². The molecule has 5 rings (SSSR count). The number of likely N-dealkylation sites (tertiary alicyclic amines) is 1. The maximum absolute atomic E-state index is 9.97. The van der Waals surface area contributed by atoms with Crippen molar-refractivity contribution in [2.45, 2.75) is 18.9 Å². The number of anilines is 2. The predicted molar refractivity (Wildman–Crippen MR) is 153 cm³/mol. The Morgan fingerprint density at radius 1 is 1.10 bits per heavy atom.